The third-order valence-corrected chi connectivity index (χ3v) is 8.56. The number of H-pyrrole nitrogens is 1. The average Bonchev–Trinajstić information content (AvgIpc) is 3.34. The Morgan fingerprint density at radius 1 is 1.08 bits per heavy atom. The SMILES string of the molecule is CC[C@@H](CN1CCOCC1)N1C(=O)[C@](C)(Cc2noc(=O)[nH]2)C[C@H](c2cccc(Cl)c2)[C@H]1c1ccc(Cl)cc1. The number of carbonyl (C=O) groups is 1. The molecule has 0 bridgehead atoms. The van der Waals surface area contributed by atoms with E-state index >= 15 is 0 Å². The number of nitrogens with zero attached hydrogens (tertiary/aromatic N) is 3. The quantitative estimate of drug-likeness (QED) is 0.404. The van der Waals surface area contributed by atoms with Crippen molar-refractivity contribution in [2.24, 2.45) is 5.41 Å². The number of hydrogen-bond donors (Lipinski definition) is 1. The van der Waals surface area contributed by atoms with Gasteiger partial charge in [0.2, 0.25) is 5.91 Å². The van der Waals surface area contributed by atoms with E-state index in [1.165, 1.54) is 0 Å². The van der Waals surface area contributed by atoms with Gasteiger partial charge in [0.1, 0.15) is 0 Å². The van der Waals surface area contributed by atoms with E-state index in [0.29, 0.717) is 35.5 Å². The lowest BCUT2D eigenvalue weighted by atomic mass is 9.67. The second-order valence-corrected chi connectivity index (χ2v) is 11.7. The lowest BCUT2D eigenvalue weighted by Crippen LogP contribution is -2.59. The summed E-state index contributed by atoms with van der Waals surface area (Å²) in [6, 6.07) is 15.4. The van der Waals surface area contributed by atoms with E-state index in [2.05, 4.69) is 32.9 Å². The van der Waals surface area contributed by atoms with Crippen LogP contribution in [0.15, 0.2) is 57.8 Å². The predicted molar refractivity (Wildman–Crippen MR) is 150 cm³/mol. The first kappa shape index (κ1) is 27.9. The van der Waals surface area contributed by atoms with Gasteiger partial charge in [-0.2, -0.15) is 0 Å². The van der Waals surface area contributed by atoms with Crippen LogP contribution < -0.4 is 5.76 Å². The van der Waals surface area contributed by atoms with Crippen LogP contribution in [0.2, 0.25) is 10.0 Å². The normalized spacial score (nSPS) is 25.1. The molecule has 1 amide bonds. The number of aromatic nitrogens is 2. The highest BCUT2D eigenvalue weighted by Crippen LogP contribution is 2.52. The molecule has 0 saturated carbocycles. The van der Waals surface area contributed by atoms with E-state index < -0.39 is 11.2 Å². The molecule has 1 aromatic heterocycles. The summed E-state index contributed by atoms with van der Waals surface area (Å²) in [4.78, 5) is 33.5. The van der Waals surface area contributed by atoms with E-state index in [-0.39, 0.29) is 30.3 Å². The van der Waals surface area contributed by atoms with E-state index in [1.54, 1.807) is 0 Å². The zero-order chi connectivity index (χ0) is 27.6. The fourth-order valence-corrected chi connectivity index (χ4v) is 6.47. The second-order valence-electron chi connectivity index (χ2n) is 10.8. The largest absolute Gasteiger partial charge is 0.438 e. The van der Waals surface area contributed by atoms with Crippen LogP contribution in [0.3, 0.4) is 0 Å². The molecule has 39 heavy (non-hydrogen) atoms. The highest BCUT2D eigenvalue weighted by Gasteiger charge is 2.52. The van der Waals surface area contributed by atoms with Crippen LogP contribution in [-0.4, -0.2) is 64.7 Å². The maximum Gasteiger partial charge on any atom is 0.438 e. The number of hydrogen-bond acceptors (Lipinski definition) is 6. The van der Waals surface area contributed by atoms with Gasteiger partial charge in [-0.05, 0) is 48.2 Å². The van der Waals surface area contributed by atoms with E-state index in [4.69, 9.17) is 32.5 Å². The van der Waals surface area contributed by atoms with Crippen LogP contribution in [0.4, 0.5) is 0 Å². The third-order valence-electron chi connectivity index (χ3n) is 8.07. The molecule has 2 aliphatic heterocycles. The summed E-state index contributed by atoms with van der Waals surface area (Å²) in [5.74, 6) is -0.292. The van der Waals surface area contributed by atoms with Crippen LogP contribution in [0.25, 0.3) is 0 Å². The maximum absolute atomic E-state index is 14.7. The standard InChI is InChI=1S/C29H34Cl2N4O4/c1-3-23(18-34-11-13-38-14-12-34)35-26(19-7-9-21(30)10-8-19)24(20-5-4-6-22(31)15-20)16-29(2,27(35)36)17-25-32-28(37)39-33-25/h4-10,15,23-24,26H,3,11-14,16-18H2,1-2H3,(H,32,33,37)/t23-,24+,26+,29-/m0/s1. The molecule has 0 aliphatic carbocycles. The summed E-state index contributed by atoms with van der Waals surface area (Å²) in [7, 11) is 0. The number of benzene rings is 2. The van der Waals surface area contributed by atoms with Crippen molar-refractivity contribution in [2.75, 3.05) is 32.8 Å². The minimum Gasteiger partial charge on any atom is -0.379 e. The first-order valence-corrected chi connectivity index (χ1v) is 14.2. The summed E-state index contributed by atoms with van der Waals surface area (Å²) in [6.45, 7) is 7.88. The zero-order valence-electron chi connectivity index (χ0n) is 22.2. The summed E-state index contributed by atoms with van der Waals surface area (Å²) in [5, 5.41) is 5.19. The van der Waals surface area contributed by atoms with Gasteiger partial charge in [-0.15, -0.1) is 0 Å². The molecule has 3 heterocycles. The molecule has 4 atom stereocenters. The third kappa shape index (κ3) is 6.09. The van der Waals surface area contributed by atoms with Gasteiger partial charge in [-0.3, -0.25) is 19.2 Å². The molecule has 1 N–H and O–H groups in total. The fourth-order valence-electron chi connectivity index (χ4n) is 6.15. The van der Waals surface area contributed by atoms with Crippen molar-refractivity contribution in [3.05, 3.63) is 86.1 Å². The highest BCUT2D eigenvalue weighted by atomic mass is 35.5. The molecular weight excluding hydrogens is 539 g/mol. The minimum atomic E-state index is -0.839. The fraction of sp³-hybridized carbons (Fsp3) is 0.483. The van der Waals surface area contributed by atoms with Gasteiger partial charge in [-0.25, -0.2) is 4.79 Å². The monoisotopic (exact) mass is 572 g/mol. The molecule has 2 fully saturated rings. The smallest absolute Gasteiger partial charge is 0.379 e. The number of halogens is 2. The predicted octanol–water partition coefficient (Wildman–Crippen LogP) is 5.09. The van der Waals surface area contributed by atoms with Gasteiger partial charge in [0, 0.05) is 48.1 Å². The molecule has 0 radical (unpaired) electrons. The van der Waals surface area contributed by atoms with Gasteiger partial charge in [0.25, 0.3) is 0 Å². The lowest BCUT2D eigenvalue weighted by molar-refractivity contribution is -0.155. The highest BCUT2D eigenvalue weighted by molar-refractivity contribution is 6.30. The molecule has 0 unspecified atom stereocenters. The Balaban J connectivity index is 1.63. The van der Waals surface area contributed by atoms with Crippen molar-refractivity contribution >= 4 is 29.1 Å². The Kier molecular flexibility index (Phi) is 8.47. The number of piperidine rings is 1. The Bertz CT molecular complexity index is 1340. The molecule has 10 heteroatoms. The van der Waals surface area contributed by atoms with E-state index in [0.717, 1.165) is 37.2 Å². The summed E-state index contributed by atoms with van der Waals surface area (Å²) >= 11 is 12.8. The van der Waals surface area contributed by atoms with Crippen LogP contribution in [0.1, 0.15) is 55.6 Å². The van der Waals surface area contributed by atoms with Crippen molar-refractivity contribution in [1.82, 2.24) is 19.9 Å². The topological polar surface area (TPSA) is 91.7 Å². The number of ether oxygens (including phenoxy) is 1. The van der Waals surface area contributed by atoms with Crippen molar-refractivity contribution in [3.63, 3.8) is 0 Å². The molecule has 0 spiro atoms. The van der Waals surface area contributed by atoms with Crippen LogP contribution in [0, 0.1) is 5.41 Å². The Hall–Kier alpha value is -2.65. The molecule has 208 valence electrons. The maximum atomic E-state index is 14.7. The van der Waals surface area contributed by atoms with Gasteiger partial charge in [0.05, 0.1) is 24.7 Å². The number of amides is 1. The van der Waals surface area contributed by atoms with Crippen molar-refractivity contribution in [3.8, 4) is 0 Å². The number of aromatic amines is 1. The number of carbonyl (C=O) groups excluding carboxylic acids is 1. The molecule has 2 aliphatic rings. The lowest BCUT2D eigenvalue weighted by Gasteiger charge is -2.52. The number of nitrogens with one attached hydrogen (secondary N) is 1. The van der Waals surface area contributed by atoms with Crippen molar-refractivity contribution < 1.29 is 14.1 Å². The van der Waals surface area contributed by atoms with Crippen LogP contribution in [-0.2, 0) is 16.0 Å². The minimum absolute atomic E-state index is 0.0321. The molecule has 8 nitrogen and oxygen atoms in total. The summed E-state index contributed by atoms with van der Waals surface area (Å²) in [5.41, 5.74) is 1.24. The zero-order valence-corrected chi connectivity index (χ0v) is 23.8. The van der Waals surface area contributed by atoms with Crippen molar-refractivity contribution in [2.45, 2.75) is 51.1 Å². The van der Waals surface area contributed by atoms with E-state index in [9.17, 15) is 9.59 Å². The Morgan fingerprint density at radius 3 is 2.46 bits per heavy atom. The van der Waals surface area contributed by atoms with Crippen molar-refractivity contribution in [1.29, 1.82) is 0 Å². The molecule has 2 aromatic carbocycles. The van der Waals surface area contributed by atoms with E-state index in [1.807, 2.05) is 49.4 Å². The van der Waals surface area contributed by atoms with Gasteiger partial charge < -0.3 is 9.64 Å². The number of likely N-dealkylation sites (tertiary alicyclic amines) is 1. The summed E-state index contributed by atoms with van der Waals surface area (Å²) < 4.78 is 10.4. The van der Waals surface area contributed by atoms with Gasteiger partial charge in [-0.1, -0.05) is 66.5 Å². The number of morpholine rings is 1. The molecule has 2 saturated heterocycles. The van der Waals surface area contributed by atoms with Gasteiger partial charge >= 0.3 is 5.76 Å². The Morgan fingerprint density at radius 2 is 1.82 bits per heavy atom. The summed E-state index contributed by atoms with van der Waals surface area (Å²) in [6.07, 6.45) is 1.58. The second kappa shape index (κ2) is 11.8. The molecular formula is C29H34Cl2N4O4. The Labute approximate surface area is 238 Å². The molecule has 3 aromatic rings. The molecule has 5 rings (SSSR count). The first-order chi connectivity index (χ1) is 18.8. The van der Waals surface area contributed by atoms with Crippen LogP contribution >= 0.6 is 23.2 Å². The number of rotatable bonds is 8. The first-order valence-electron chi connectivity index (χ1n) is 13.5. The average molecular weight is 574 g/mol. The van der Waals surface area contributed by atoms with Crippen LogP contribution in [0.5, 0.6) is 0 Å². The van der Waals surface area contributed by atoms with Gasteiger partial charge in [0.15, 0.2) is 5.82 Å².